The van der Waals surface area contributed by atoms with Crippen LogP contribution in [0.15, 0.2) is 94.2 Å². The fourth-order valence-electron chi connectivity index (χ4n) is 3.60. The Bertz CT molecular complexity index is 1530. The van der Waals surface area contributed by atoms with E-state index in [0.29, 0.717) is 21.1 Å². The largest absolute Gasteiger partial charge is 0.356 e. The average molecular weight is 499 g/mol. The third-order valence-corrected chi connectivity index (χ3v) is 7.10. The molecule has 0 spiro atoms. The number of rotatable bonds is 7. The maximum absolute atomic E-state index is 12.8. The number of nitrogens with zero attached hydrogens (tertiary/aromatic N) is 1. The summed E-state index contributed by atoms with van der Waals surface area (Å²) in [4.78, 5) is 33.3. The van der Waals surface area contributed by atoms with Gasteiger partial charge in [0.05, 0.1) is 11.1 Å². The first-order chi connectivity index (χ1) is 17.0. The number of fused-ring (bicyclic) bond motifs is 1. The van der Waals surface area contributed by atoms with E-state index in [1.54, 1.807) is 0 Å². The molecule has 35 heavy (non-hydrogen) atoms. The van der Waals surface area contributed by atoms with Gasteiger partial charge >= 0.3 is 0 Å². The minimum atomic E-state index is -0.198. The molecule has 2 aromatic heterocycles. The van der Waals surface area contributed by atoms with Crippen LogP contribution < -0.4 is 16.2 Å². The molecule has 8 heteroatoms. The monoisotopic (exact) mass is 498 g/mol. The zero-order chi connectivity index (χ0) is 24.2. The van der Waals surface area contributed by atoms with Crippen molar-refractivity contribution in [2.24, 2.45) is 0 Å². The first kappa shape index (κ1) is 22.9. The fraction of sp³-hybridized carbons (Fsp3) is 0.0741. The number of nitrogens with one attached hydrogen (secondary N) is 3. The van der Waals surface area contributed by atoms with E-state index < -0.39 is 0 Å². The van der Waals surface area contributed by atoms with Crippen LogP contribution in [0.25, 0.3) is 21.3 Å². The number of aromatic nitrogens is 2. The van der Waals surface area contributed by atoms with Gasteiger partial charge < -0.3 is 15.6 Å². The molecule has 5 rings (SSSR count). The molecule has 0 aliphatic carbocycles. The predicted octanol–water partition coefficient (Wildman–Crippen LogP) is 6.43. The van der Waals surface area contributed by atoms with Gasteiger partial charge in [-0.3, -0.25) is 9.59 Å². The molecule has 0 aliphatic rings. The van der Waals surface area contributed by atoms with E-state index in [-0.39, 0.29) is 17.2 Å². The van der Waals surface area contributed by atoms with Crippen LogP contribution in [0.4, 0.5) is 17.1 Å². The van der Waals surface area contributed by atoms with Crippen LogP contribution in [-0.2, 0) is 4.79 Å². The molecule has 0 fully saturated rings. The SMILES string of the molecule is Cc1ccc(-c2csc3nc(SCC(=O)Nc4ccc(Nc5ccccc5)cc4)[nH]c(=O)c23)cc1. The van der Waals surface area contributed by atoms with Crippen molar-refractivity contribution in [2.45, 2.75) is 12.1 Å². The number of H-pyrrole nitrogens is 1. The van der Waals surface area contributed by atoms with Gasteiger partial charge in [-0.25, -0.2) is 4.98 Å². The summed E-state index contributed by atoms with van der Waals surface area (Å²) in [6.45, 7) is 2.03. The first-order valence-electron chi connectivity index (χ1n) is 11.0. The Balaban J connectivity index is 1.22. The normalized spacial score (nSPS) is 10.9. The molecule has 0 radical (unpaired) electrons. The van der Waals surface area contributed by atoms with Gasteiger partial charge in [0.2, 0.25) is 5.91 Å². The molecule has 0 unspecified atom stereocenters. The highest BCUT2D eigenvalue weighted by molar-refractivity contribution is 7.99. The average Bonchev–Trinajstić information content (AvgIpc) is 3.30. The molecule has 174 valence electrons. The molecular weight excluding hydrogens is 476 g/mol. The van der Waals surface area contributed by atoms with Crippen molar-refractivity contribution in [3.8, 4) is 11.1 Å². The van der Waals surface area contributed by atoms with Crippen molar-refractivity contribution in [2.75, 3.05) is 16.4 Å². The third kappa shape index (κ3) is 5.45. The number of carbonyl (C=O) groups excluding carboxylic acids is 1. The number of thioether (sulfide) groups is 1. The Labute approximate surface area is 210 Å². The summed E-state index contributed by atoms with van der Waals surface area (Å²) < 4.78 is 0. The van der Waals surface area contributed by atoms with Gasteiger partial charge in [-0.15, -0.1) is 11.3 Å². The van der Waals surface area contributed by atoms with Gasteiger partial charge in [-0.2, -0.15) is 0 Å². The number of anilines is 3. The van der Waals surface area contributed by atoms with Crippen LogP contribution in [0.3, 0.4) is 0 Å². The van der Waals surface area contributed by atoms with E-state index in [1.807, 2.05) is 91.2 Å². The maximum Gasteiger partial charge on any atom is 0.260 e. The molecule has 0 aliphatic heterocycles. The Morgan fingerprint density at radius 2 is 1.63 bits per heavy atom. The van der Waals surface area contributed by atoms with Gasteiger partial charge in [0.15, 0.2) is 5.16 Å². The lowest BCUT2D eigenvalue weighted by Gasteiger charge is -2.08. The molecule has 3 aromatic carbocycles. The fourth-order valence-corrected chi connectivity index (χ4v) is 5.27. The predicted molar refractivity (Wildman–Crippen MR) is 146 cm³/mol. The molecule has 0 saturated heterocycles. The number of benzene rings is 3. The van der Waals surface area contributed by atoms with E-state index in [0.717, 1.165) is 28.1 Å². The first-order valence-corrected chi connectivity index (χ1v) is 12.8. The van der Waals surface area contributed by atoms with E-state index >= 15 is 0 Å². The summed E-state index contributed by atoms with van der Waals surface area (Å²) in [5, 5.41) is 9.15. The van der Waals surface area contributed by atoms with Crippen molar-refractivity contribution in [3.05, 3.63) is 100 Å². The lowest BCUT2D eigenvalue weighted by molar-refractivity contribution is -0.113. The van der Waals surface area contributed by atoms with Crippen molar-refractivity contribution < 1.29 is 4.79 Å². The number of aryl methyl sites for hydroxylation is 1. The molecule has 1 amide bonds. The number of para-hydroxylation sites is 1. The zero-order valence-corrected chi connectivity index (χ0v) is 20.5. The highest BCUT2D eigenvalue weighted by Gasteiger charge is 2.14. The lowest BCUT2D eigenvalue weighted by Crippen LogP contribution is -2.15. The highest BCUT2D eigenvalue weighted by Crippen LogP contribution is 2.31. The quantitative estimate of drug-likeness (QED) is 0.178. The van der Waals surface area contributed by atoms with Crippen LogP contribution in [0.5, 0.6) is 0 Å². The van der Waals surface area contributed by atoms with Gasteiger partial charge in [0, 0.05) is 28.0 Å². The van der Waals surface area contributed by atoms with Gasteiger partial charge in [-0.1, -0.05) is 59.8 Å². The number of thiophene rings is 1. The summed E-state index contributed by atoms with van der Waals surface area (Å²) in [6, 6.07) is 25.4. The molecule has 6 nitrogen and oxygen atoms in total. The second-order valence-corrected chi connectivity index (χ2v) is 9.79. The van der Waals surface area contributed by atoms with E-state index in [1.165, 1.54) is 23.1 Å². The Morgan fingerprint density at radius 3 is 2.37 bits per heavy atom. The van der Waals surface area contributed by atoms with Crippen molar-refractivity contribution in [1.82, 2.24) is 9.97 Å². The van der Waals surface area contributed by atoms with E-state index in [2.05, 4.69) is 20.6 Å². The van der Waals surface area contributed by atoms with Gasteiger partial charge in [-0.05, 0) is 48.9 Å². The molecule has 0 saturated carbocycles. The summed E-state index contributed by atoms with van der Waals surface area (Å²) >= 11 is 2.63. The molecular formula is C27H22N4O2S2. The number of hydrogen-bond acceptors (Lipinski definition) is 6. The number of hydrogen-bond donors (Lipinski definition) is 3. The van der Waals surface area contributed by atoms with Crippen LogP contribution >= 0.6 is 23.1 Å². The van der Waals surface area contributed by atoms with E-state index in [9.17, 15) is 9.59 Å². The lowest BCUT2D eigenvalue weighted by atomic mass is 10.1. The minimum absolute atomic E-state index is 0.134. The second-order valence-electron chi connectivity index (χ2n) is 7.97. The highest BCUT2D eigenvalue weighted by atomic mass is 32.2. The Hall–Kier alpha value is -3.88. The summed E-state index contributed by atoms with van der Waals surface area (Å²) in [5.41, 5.74) is 5.45. The van der Waals surface area contributed by atoms with Gasteiger partial charge in [0.25, 0.3) is 5.56 Å². The standard InChI is InChI=1S/C27H22N4O2S2/c1-17-7-9-18(10-8-17)22-15-34-26-24(22)25(33)30-27(31-26)35-16-23(32)29-21-13-11-20(12-14-21)28-19-5-3-2-4-6-19/h2-15,28H,16H2,1H3,(H,29,32)(H,30,31,33). The number of carbonyl (C=O) groups is 1. The summed E-state index contributed by atoms with van der Waals surface area (Å²) in [6.07, 6.45) is 0. The van der Waals surface area contributed by atoms with Crippen molar-refractivity contribution in [1.29, 1.82) is 0 Å². The van der Waals surface area contributed by atoms with Crippen LogP contribution in [0, 0.1) is 6.92 Å². The Kier molecular flexibility index (Phi) is 6.65. The van der Waals surface area contributed by atoms with Gasteiger partial charge in [0.1, 0.15) is 4.83 Å². The maximum atomic E-state index is 12.8. The molecule has 0 atom stereocenters. The molecule has 2 heterocycles. The molecule has 3 N–H and O–H groups in total. The topological polar surface area (TPSA) is 86.9 Å². The zero-order valence-electron chi connectivity index (χ0n) is 18.9. The third-order valence-electron chi connectivity index (χ3n) is 5.36. The minimum Gasteiger partial charge on any atom is -0.356 e. The molecule has 0 bridgehead atoms. The second kappa shape index (κ2) is 10.2. The van der Waals surface area contributed by atoms with Crippen molar-refractivity contribution in [3.63, 3.8) is 0 Å². The Morgan fingerprint density at radius 1 is 0.943 bits per heavy atom. The van der Waals surface area contributed by atoms with Crippen LogP contribution in [-0.4, -0.2) is 21.6 Å². The number of amides is 1. The summed E-state index contributed by atoms with van der Waals surface area (Å²) in [5.74, 6) is -0.0395. The number of aromatic amines is 1. The van der Waals surface area contributed by atoms with Crippen molar-refractivity contribution >= 4 is 56.3 Å². The molecule has 5 aromatic rings. The smallest absolute Gasteiger partial charge is 0.260 e. The van der Waals surface area contributed by atoms with E-state index in [4.69, 9.17) is 0 Å². The van der Waals surface area contributed by atoms with Crippen LogP contribution in [0.1, 0.15) is 5.56 Å². The summed E-state index contributed by atoms with van der Waals surface area (Å²) in [7, 11) is 0. The van der Waals surface area contributed by atoms with Crippen LogP contribution in [0.2, 0.25) is 0 Å².